The van der Waals surface area contributed by atoms with Crippen LogP contribution in [-0.4, -0.2) is 26.1 Å². The van der Waals surface area contributed by atoms with Crippen molar-refractivity contribution < 1.29 is 4.79 Å². The lowest BCUT2D eigenvalue weighted by atomic mass is 10.4. The second kappa shape index (κ2) is 5.03. The van der Waals surface area contributed by atoms with Gasteiger partial charge in [-0.05, 0) is 18.2 Å². The van der Waals surface area contributed by atoms with Crippen LogP contribution in [0.15, 0.2) is 24.4 Å². The van der Waals surface area contributed by atoms with Crippen molar-refractivity contribution in [2.45, 2.75) is 0 Å². The molecule has 17 heavy (non-hydrogen) atoms. The van der Waals surface area contributed by atoms with E-state index in [1.54, 1.807) is 0 Å². The molecule has 2 heterocycles. The third-order valence-corrected chi connectivity index (χ3v) is 2.12. The number of halogens is 2. The molecule has 1 N–H and O–H groups in total. The Morgan fingerprint density at radius 1 is 1.12 bits per heavy atom. The van der Waals surface area contributed by atoms with E-state index in [4.69, 9.17) is 23.2 Å². The molecule has 1 amide bonds. The average molecular weight is 270 g/mol. The van der Waals surface area contributed by atoms with Gasteiger partial charge in [0.1, 0.15) is 5.15 Å². The fourth-order valence-electron chi connectivity index (χ4n) is 1.000. The highest BCUT2D eigenvalue weighted by atomic mass is 35.5. The Hall–Kier alpha value is -1.79. The molecule has 0 aliphatic rings. The number of nitrogens with zero attached hydrogens (tertiary/aromatic N) is 4. The zero-order valence-electron chi connectivity index (χ0n) is 8.26. The SMILES string of the molecule is O=C(Nc1nccc(Cl)n1)c1ccc(Cl)nn1. The van der Waals surface area contributed by atoms with Crippen LogP contribution in [0.1, 0.15) is 10.5 Å². The van der Waals surface area contributed by atoms with E-state index in [0.29, 0.717) is 0 Å². The Bertz CT molecular complexity index is 545. The van der Waals surface area contributed by atoms with Crippen molar-refractivity contribution >= 4 is 35.1 Å². The van der Waals surface area contributed by atoms with Crippen molar-refractivity contribution in [2.75, 3.05) is 5.32 Å². The average Bonchev–Trinajstić information content (AvgIpc) is 2.29. The number of carbonyl (C=O) groups excluding carboxylic acids is 1. The van der Waals surface area contributed by atoms with Crippen LogP contribution in [0.25, 0.3) is 0 Å². The molecular weight excluding hydrogens is 265 g/mol. The zero-order valence-corrected chi connectivity index (χ0v) is 9.77. The highest BCUT2D eigenvalue weighted by Gasteiger charge is 2.09. The summed E-state index contributed by atoms with van der Waals surface area (Å²) < 4.78 is 0. The van der Waals surface area contributed by atoms with Crippen molar-refractivity contribution in [1.29, 1.82) is 0 Å². The maximum Gasteiger partial charge on any atom is 0.278 e. The number of nitrogens with one attached hydrogen (secondary N) is 1. The predicted octanol–water partition coefficient (Wildman–Crippen LogP) is 1.83. The third-order valence-electron chi connectivity index (χ3n) is 1.71. The van der Waals surface area contributed by atoms with Gasteiger partial charge in [-0.1, -0.05) is 23.2 Å². The van der Waals surface area contributed by atoms with Gasteiger partial charge in [0.2, 0.25) is 5.95 Å². The first kappa shape index (κ1) is 11.7. The Labute approximate surface area is 106 Å². The van der Waals surface area contributed by atoms with Crippen molar-refractivity contribution in [3.05, 3.63) is 40.4 Å². The summed E-state index contributed by atoms with van der Waals surface area (Å²) in [7, 11) is 0. The first-order chi connectivity index (χ1) is 8.15. The van der Waals surface area contributed by atoms with Crippen LogP contribution in [0.5, 0.6) is 0 Å². The minimum atomic E-state index is -0.489. The predicted molar refractivity (Wildman–Crippen MR) is 62.0 cm³/mol. The van der Waals surface area contributed by atoms with E-state index >= 15 is 0 Å². The van der Waals surface area contributed by atoms with Crippen LogP contribution in [0.4, 0.5) is 5.95 Å². The number of aromatic nitrogens is 4. The van der Waals surface area contributed by atoms with Crippen LogP contribution >= 0.6 is 23.2 Å². The normalized spacial score (nSPS) is 10.0. The summed E-state index contributed by atoms with van der Waals surface area (Å²) in [6, 6.07) is 4.40. The minimum absolute atomic E-state index is 0.0965. The van der Waals surface area contributed by atoms with E-state index in [-0.39, 0.29) is 21.9 Å². The summed E-state index contributed by atoms with van der Waals surface area (Å²) in [4.78, 5) is 19.3. The molecule has 86 valence electrons. The summed E-state index contributed by atoms with van der Waals surface area (Å²) in [5.74, 6) is -0.393. The minimum Gasteiger partial charge on any atom is -0.289 e. The van der Waals surface area contributed by atoms with Gasteiger partial charge in [-0.25, -0.2) is 9.97 Å². The van der Waals surface area contributed by atoms with Gasteiger partial charge >= 0.3 is 0 Å². The molecule has 0 fully saturated rings. The van der Waals surface area contributed by atoms with Gasteiger partial charge in [-0.3, -0.25) is 10.1 Å². The van der Waals surface area contributed by atoms with E-state index in [2.05, 4.69) is 25.5 Å². The Morgan fingerprint density at radius 3 is 2.59 bits per heavy atom. The van der Waals surface area contributed by atoms with Crippen LogP contribution in [0.2, 0.25) is 10.3 Å². The molecule has 0 unspecified atom stereocenters. The maximum atomic E-state index is 11.7. The molecule has 0 bridgehead atoms. The molecule has 2 aromatic heterocycles. The number of amides is 1. The van der Waals surface area contributed by atoms with Gasteiger partial charge in [0, 0.05) is 6.20 Å². The lowest BCUT2D eigenvalue weighted by molar-refractivity contribution is 0.102. The first-order valence-corrected chi connectivity index (χ1v) is 5.20. The smallest absolute Gasteiger partial charge is 0.278 e. The third kappa shape index (κ3) is 3.08. The molecule has 0 aliphatic carbocycles. The monoisotopic (exact) mass is 269 g/mol. The van der Waals surface area contributed by atoms with E-state index in [0.717, 1.165) is 0 Å². The number of hydrogen-bond acceptors (Lipinski definition) is 5. The summed E-state index contributed by atoms with van der Waals surface area (Å²) >= 11 is 11.2. The Morgan fingerprint density at radius 2 is 1.94 bits per heavy atom. The lowest BCUT2D eigenvalue weighted by Crippen LogP contribution is -2.16. The van der Waals surface area contributed by atoms with Crippen molar-refractivity contribution in [1.82, 2.24) is 20.2 Å². The van der Waals surface area contributed by atoms with Gasteiger partial charge in [0.15, 0.2) is 10.8 Å². The molecule has 8 heteroatoms. The second-order valence-corrected chi connectivity index (χ2v) is 3.67. The topological polar surface area (TPSA) is 80.7 Å². The van der Waals surface area contributed by atoms with Crippen LogP contribution < -0.4 is 5.32 Å². The molecule has 0 aliphatic heterocycles. The van der Waals surface area contributed by atoms with E-state index in [1.165, 1.54) is 24.4 Å². The molecule has 0 saturated carbocycles. The highest BCUT2D eigenvalue weighted by molar-refractivity contribution is 6.29. The molecular formula is C9H5Cl2N5O. The van der Waals surface area contributed by atoms with E-state index in [9.17, 15) is 4.79 Å². The molecule has 2 rings (SSSR count). The summed E-state index contributed by atoms with van der Waals surface area (Å²) in [5, 5.41) is 10.0. The van der Waals surface area contributed by atoms with Gasteiger partial charge in [0.05, 0.1) is 0 Å². The van der Waals surface area contributed by atoms with Crippen molar-refractivity contribution in [2.24, 2.45) is 0 Å². The van der Waals surface area contributed by atoms with Crippen LogP contribution in [0, 0.1) is 0 Å². The fraction of sp³-hybridized carbons (Fsp3) is 0. The maximum absolute atomic E-state index is 11.7. The molecule has 0 spiro atoms. The first-order valence-electron chi connectivity index (χ1n) is 4.44. The molecule has 6 nitrogen and oxygen atoms in total. The number of anilines is 1. The summed E-state index contributed by atoms with van der Waals surface area (Å²) in [5.41, 5.74) is 0.109. The standard InChI is InChI=1S/C9H5Cl2N5O/c10-6-3-4-12-9(13-6)14-8(17)5-1-2-7(11)16-15-5/h1-4H,(H,12,13,14,17). The molecule has 0 saturated heterocycles. The van der Waals surface area contributed by atoms with Crippen LogP contribution in [0.3, 0.4) is 0 Å². The fourth-order valence-corrected chi connectivity index (χ4v) is 1.24. The van der Waals surface area contributed by atoms with Gasteiger partial charge < -0.3 is 0 Å². The quantitative estimate of drug-likeness (QED) is 0.842. The second-order valence-electron chi connectivity index (χ2n) is 2.90. The summed E-state index contributed by atoms with van der Waals surface area (Å²) in [6.07, 6.45) is 1.43. The largest absolute Gasteiger partial charge is 0.289 e. The molecule has 0 atom stereocenters. The van der Waals surface area contributed by atoms with Crippen molar-refractivity contribution in [3.63, 3.8) is 0 Å². The van der Waals surface area contributed by atoms with Gasteiger partial charge in [-0.2, -0.15) is 0 Å². The number of hydrogen-bond donors (Lipinski definition) is 1. The lowest BCUT2D eigenvalue weighted by Gasteiger charge is -2.01. The van der Waals surface area contributed by atoms with E-state index in [1.807, 2.05) is 0 Å². The number of rotatable bonds is 2. The molecule has 2 aromatic rings. The zero-order chi connectivity index (χ0) is 12.3. The number of carbonyl (C=O) groups is 1. The molecule has 0 radical (unpaired) electrons. The summed E-state index contributed by atoms with van der Waals surface area (Å²) in [6.45, 7) is 0. The Balaban J connectivity index is 2.14. The van der Waals surface area contributed by atoms with Crippen molar-refractivity contribution in [3.8, 4) is 0 Å². The van der Waals surface area contributed by atoms with Gasteiger partial charge in [-0.15, -0.1) is 10.2 Å². The van der Waals surface area contributed by atoms with Crippen LogP contribution in [-0.2, 0) is 0 Å². The Kier molecular flexibility index (Phi) is 3.46. The molecule has 0 aromatic carbocycles. The highest BCUT2D eigenvalue weighted by Crippen LogP contribution is 2.07. The van der Waals surface area contributed by atoms with E-state index < -0.39 is 5.91 Å². The van der Waals surface area contributed by atoms with Gasteiger partial charge in [0.25, 0.3) is 5.91 Å².